The lowest BCUT2D eigenvalue weighted by Crippen LogP contribution is -2.42. The average molecular weight is 223 g/mol. The summed E-state index contributed by atoms with van der Waals surface area (Å²) in [5, 5.41) is 14.8. The number of carbonyl (C=O) groups excluding carboxylic acids is 1. The van der Waals surface area contributed by atoms with Crippen LogP contribution >= 0.6 is 0 Å². The van der Waals surface area contributed by atoms with Crippen molar-refractivity contribution in [1.29, 1.82) is 5.26 Å². The molecule has 0 saturated heterocycles. The Morgan fingerprint density at radius 2 is 2.44 bits per heavy atom. The van der Waals surface area contributed by atoms with Crippen LogP contribution in [0, 0.1) is 11.3 Å². The molecule has 6 nitrogen and oxygen atoms in total. The lowest BCUT2D eigenvalue weighted by molar-refractivity contribution is 0.0919. The zero-order chi connectivity index (χ0) is 12.2. The molecule has 1 heterocycles. The van der Waals surface area contributed by atoms with E-state index in [1.165, 1.54) is 13.2 Å². The minimum Gasteiger partial charge on any atom is -0.377 e. The Morgan fingerprint density at radius 1 is 1.75 bits per heavy atom. The van der Waals surface area contributed by atoms with Crippen molar-refractivity contribution in [1.82, 2.24) is 10.5 Å². The third-order valence-corrected chi connectivity index (χ3v) is 1.78. The Morgan fingerprint density at radius 3 is 3.00 bits per heavy atom. The summed E-state index contributed by atoms with van der Waals surface area (Å²) in [6.07, 6.45) is 0. The third-order valence-electron chi connectivity index (χ3n) is 1.78. The van der Waals surface area contributed by atoms with E-state index in [1.54, 1.807) is 13.8 Å². The Bertz CT molecular complexity index is 417. The van der Waals surface area contributed by atoms with E-state index in [1.807, 2.05) is 6.07 Å². The van der Waals surface area contributed by atoms with Crippen molar-refractivity contribution in [3.63, 3.8) is 0 Å². The average Bonchev–Trinajstić information content (AvgIpc) is 2.66. The summed E-state index contributed by atoms with van der Waals surface area (Å²) in [6, 6.07) is 3.44. The van der Waals surface area contributed by atoms with Crippen molar-refractivity contribution in [3.05, 3.63) is 17.5 Å². The first kappa shape index (κ1) is 12.2. The molecule has 1 rings (SSSR count). The summed E-state index contributed by atoms with van der Waals surface area (Å²) in [5.74, 6) is 0.0140. The number of nitrogens with one attached hydrogen (secondary N) is 1. The lowest BCUT2D eigenvalue weighted by atomic mass is 10.1. The molecule has 0 aliphatic rings. The summed E-state index contributed by atoms with van der Waals surface area (Å²) >= 11 is 0. The molecule has 1 amide bonds. The normalized spacial score (nSPS) is 10.9. The molecule has 0 unspecified atom stereocenters. The van der Waals surface area contributed by atoms with Gasteiger partial charge in [-0.1, -0.05) is 5.16 Å². The monoisotopic (exact) mass is 223 g/mol. The second kappa shape index (κ2) is 4.77. The number of amides is 1. The van der Waals surface area contributed by atoms with Crippen LogP contribution in [0.2, 0.25) is 0 Å². The van der Waals surface area contributed by atoms with Gasteiger partial charge in [-0.3, -0.25) is 4.79 Å². The van der Waals surface area contributed by atoms with E-state index < -0.39 is 11.4 Å². The van der Waals surface area contributed by atoms with Gasteiger partial charge in [0.2, 0.25) is 0 Å². The van der Waals surface area contributed by atoms with Gasteiger partial charge in [0.15, 0.2) is 11.5 Å². The van der Waals surface area contributed by atoms with Crippen LogP contribution in [0.3, 0.4) is 0 Å². The molecule has 0 aliphatic carbocycles. The summed E-state index contributed by atoms with van der Waals surface area (Å²) in [4.78, 5) is 11.6. The maximum atomic E-state index is 11.6. The van der Waals surface area contributed by atoms with Crippen LogP contribution in [-0.2, 0) is 11.3 Å². The van der Waals surface area contributed by atoms with E-state index in [2.05, 4.69) is 10.5 Å². The van der Waals surface area contributed by atoms with Crippen LogP contribution in [0.1, 0.15) is 30.1 Å². The predicted octanol–water partition coefficient (Wildman–Crippen LogP) is 0.853. The third kappa shape index (κ3) is 3.07. The lowest BCUT2D eigenvalue weighted by Gasteiger charge is -2.15. The second-order valence-electron chi connectivity index (χ2n) is 3.80. The number of methoxy groups -OCH3 is 1. The van der Waals surface area contributed by atoms with Crippen molar-refractivity contribution >= 4 is 5.91 Å². The first-order chi connectivity index (χ1) is 7.48. The quantitative estimate of drug-likeness (QED) is 0.817. The van der Waals surface area contributed by atoms with Gasteiger partial charge in [-0.15, -0.1) is 0 Å². The zero-order valence-corrected chi connectivity index (χ0v) is 9.40. The van der Waals surface area contributed by atoms with Crippen LogP contribution < -0.4 is 5.32 Å². The summed E-state index contributed by atoms with van der Waals surface area (Å²) in [7, 11) is 1.51. The second-order valence-corrected chi connectivity index (χ2v) is 3.80. The summed E-state index contributed by atoms with van der Waals surface area (Å²) < 4.78 is 9.68. The van der Waals surface area contributed by atoms with E-state index in [-0.39, 0.29) is 12.3 Å². The van der Waals surface area contributed by atoms with Gasteiger partial charge in [-0.05, 0) is 13.8 Å². The van der Waals surface area contributed by atoms with Crippen LogP contribution in [-0.4, -0.2) is 23.7 Å². The number of nitrogens with zero attached hydrogens (tertiary/aromatic N) is 2. The molecule has 86 valence electrons. The molecule has 0 saturated carbocycles. The number of ether oxygens (including phenoxy) is 1. The minimum atomic E-state index is -0.933. The minimum absolute atomic E-state index is 0.135. The van der Waals surface area contributed by atoms with Crippen LogP contribution in [0.15, 0.2) is 10.6 Å². The van der Waals surface area contributed by atoms with Gasteiger partial charge in [-0.25, -0.2) is 0 Å². The molecular weight excluding hydrogens is 210 g/mol. The summed E-state index contributed by atoms with van der Waals surface area (Å²) in [5.41, 5.74) is -0.798. The highest BCUT2D eigenvalue weighted by Crippen LogP contribution is 2.07. The Balaban J connectivity index is 2.70. The molecule has 1 aromatic rings. The van der Waals surface area contributed by atoms with Crippen molar-refractivity contribution in [2.24, 2.45) is 0 Å². The van der Waals surface area contributed by atoms with Gasteiger partial charge in [0.1, 0.15) is 12.1 Å². The molecule has 0 fully saturated rings. The van der Waals surface area contributed by atoms with E-state index in [4.69, 9.17) is 14.5 Å². The molecule has 16 heavy (non-hydrogen) atoms. The van der Waals surface area contributed by atoms with Crippen molar-refractivity contribution in [2.75, 3.05) is 7.11 Å². The molecule has 1 N–H and O–H groups in total. The van der Waals surface area contributed by atoms with Crippen LogP contribution in [0.25, 0.3) is 0 Å². The fourth-order valence-electron chi connectivity index (χ4n) is 1.01. The molecule has 0 aromatic carbocycles. The maximum absolute atomic E-state index is 11.6. The molecule has 0 bridgehead atoms. The molecular formula is C10H13N3O3. The Hall–Kier alpha value is -1.87. The Kier molecular flexibility index (Phi) is 3.64. The fraction of sp³-hybridized carbons (Fsp3) is 0.500. The summed E-state index contributed by atoms with van der Waals surface area (Å²) in [6.45, 7) is 3.45. The number of aromatic nitrogens is 1. The molecule has 0 aliphatic heterocycles. The zero-order valence-electron chi connectivity index (χ0n) is 9.40. The smallest absolute Gasteiger partial charge is 0.274 e. The van der Waals surface area contributed by atoms with E-state index in [0.717, 1.165) is 0 Å². The van der Waals surface area contributed by atoms with Crippen LogP contribution in [0.5, 0.6) is 0 Å². The van der Waals surface area contributed by atoms with Gasteiger partial charge in [0, 0.05) is 13.2 Å². The first-order valence-corrected chi connectivity index (χ1v) is 4.67. The highest BCUT2D eigenvalue weighted by atomic mass is 16.5. The van der Waals surface area contributed by atoms with Gasteiger partial charge in [0.05, 0.1) is 6.07 Å². The van der Waals surface area contributed by atoms with Crippen molar-refractivity contribution < 1.29 is 14.1 Å². The SMILES string of the molecule is COCc1cc(C(=O)NC(C)(C)C#N)no1. The number of hydrogen-bond acceptors (Lipinski definition) is 5. The first-order valence-electron chi connectivity index (χ1n) is 4.67. The topological polar surface area (TPSA) is 88.1 Å². The molecule has 1 aromatic heterocycles. The number of nitriles is 1. The van der Waals surface area contributed by atoms with Gasteiger partial charge in [-0.2, -0.15) is 5.26 Å². The standard InChI is InChI=1S/C10H13N3O3/c1-10(2,6-11)12-9(14)8-4-7(5-15-3)16-13-8/h4H,5H2,1-3H3,(H,12,14). The fourth-order valence-corrected chi connectivity index (χ4v) is 1.01. The van der Waals surface area contributed by atoms with Gasteiger partial charge >= 0.3 is 0 Å². The van der Waals surface area contributed by atoms with E-state index in [9.17, 15) is 4.79 Å². The van der Waals surface area contributed by atoms with Gasteiger partial charge < -0.3 is 14.6 Å². The predicted molar refractivity (Wildman–Crippen MR) is 54.4 cm³/mol. The maximum Gasteiger partial charge on any atom is 0.274 e. The van der Waals surface area contributed by atoms with Crippen molar-refractivity contribution in [2.45, 2.75) is 26.0 Å². The molecule has 0 atom stereocenters. The van der Waals surface area contributed by atoms with Crippen LogP contribution in [0.4, 0.5) is 0 Å². The number of hydrogen-bond donors (Lipinski definition) is 1. The van der Waals surface area contributed by atoms with E-state index >= 15 is 0 Å². The number of carbonyl (C=O) groups is 1. The van der Waals surface area contributed by atoms with Crippen molar-refractivity contribution in [3.8, 4) is 6.07 Å². The number of rotatable bonds is 4. The molecule has 6 heteroatoms. The highest BCUT2D eigenvalue weighted by Gasteiger charge is 2.22. The van der Waals surface area contributed by atoms with Gasteiger partial charge in [0.25, 0.3) is 5.91 Å². The largest absolute Gasteiger partial charge is 0.377 e. The Labute approximate surface area is 93.2 Å². The highest BCUT2D eigenvalue weighted by molar-refractivity contribution is 5.92. The molecule has 0 spiro atoms. The van der Waals surface area contributed by atoms with E-state index in [0.29, 0.717) is 5.76 Å². The molecule has 0 radical (unpaired) electrons.